The van der Waals surface area contributed by atoms with Crippen molar-refractivity contribution >= 4 is 5.78 Å². The van der Waals surface area contributed by atoms with E-state index in [2.05, 4.69) is 5.10 Å². The van der Waals surface area contributed by atoms with Crippen LogP contribution in [0.1, 0.15) is 47.6 Å². The van der Waals surface area contributed by atoms with Crippen LogP contribution in [0.3, 0.4) is 0 Å². The van der Waals surface area contributed by atoms with Crippen LogP contribution in [0.2, 0.25) is 0 Å². The third-order valence-electron chi connectivity index (χ3n) is 3.53. The van der Waals surface area contributed by atoms with Crippen molar-refractivity contribution in [3.63, 3.8) is 0 Å². The maximum absolute atomic E-state index is 12.0. The van der Waals surface area contributed by atoms with Gasteiger partial charge in [0.2, 0.25) is 0 Å². The molecule has 0 fully saturated rings. The topological polar surface area (TPSA) is 44.1 Å². The molecule has 4 nitrogen and oxygen atoms in total. The second-order valence-electron chi connectivity index (χ2n) is 5.01. The van der Waals surface area contributed by atoms with E-state index in [0.29, 0.717) is 25.3 Å². The van der Waals surface area contributed by atoms with E-state index in [0.717, 1.165) is 17.7 Å². The number of Topliss-reactive ketones (excluding diaryl/α,β-unsaturated/α-hetero) is 1. The normalized spacial score (nSPS) is 17.8. The molecule has 0 radical (unpaired) electrons. The Kier molecular flexibility index (Phi) is 3.65. The van der Waals surface area contributed by atoms with Crippen LogP contribution >= 0.6 is 0 Å². The first kappa shape index (κ1) is 13.1. The van der Waals surface area contributed by atoms with Crippen LogP contribution in [0, 0.1) is 0 Å². The third kappa shape index (κ3) is 2.39. The summed E-state index contributed by atoms with van der Waals surface area (Å²) in [5.74, 6) is 0.112. The Labute approximate surface area is 118 Å². The summed E-state index contributed by atoms with van der Waals surface area (Å²) in [6, 6.07) is 11.9. The van der Waals surface area contributed by atoms with Crippen LogP contribution in [0.25, 0.3) is 0 Å². The largest absolute Gasteiger partial charge is 0.365 e. The lowest BCUT2D eigenvalue weighted by Crippen LogP contribution is -2.22. The molecule has 0 N–H and O–H groups in total. The molecule has 2 aromatic rings. The van der Waals surface area contributed by atoms with Gasteiger partial charge in [0.15, 0.2) is 5.78 Å². The standard InChI is InChI=1S/C16H18N2O2/c1-2-6-15(19)13-11-14-16(12-7-4-3-5-8-12)20-10-9-18(14)17-13/h3-5,7-8,11,16H,2,6,9-10H2,1H3. The fraction of sp³-hybridized carbons (Fsp3) is 0.375. The monoisotopic (exact) mass is 270 g/mol. The third-order valence-corrected chi connectivity index (χ3v) is 3.53. The zero-order valence-corrected chi connectivity index (χ0v) is 11.6. The molecule has 1 atom stereocenters. The minimum Gasteiger partial charge on any atom is -0.365 e. The maximum Gasteiger partial charge on any atom is 0.183 e. The molecule has 1 aliphatic heterocycles. The number of benzene rings is 1. The van der Waals surface area contributed by atoms with Crippen molar-refractivity contribution in [2.24, 2.45) is 0 Å². The summed E-state index contributed by atoms with van der Waals surface area (Å²) in [5, 5.41) is 4.43. The van der Waals surface area contributed by atoms with Gasteiger partial charge in [-0.3, -0.25) is 9.48 Å². The van der Waals surface area contributed by atoms with E-state index in [1.807, 2.05) is 48.0 Å². The van der Waals surface area contributed by atoms with E-state index in [1.54, 1.807) is 0 Å². The van der Waals surface area contributed by atoms with Crippen LogP contribution in [0.5, 0.6) is 0 Å². The predicted molar refractivity (Wildman–Crippen MR) is 75.7 cm³/mol. The Morgan fingerprint density at radius 1 is 1.40 bits per heavy atom. The highest BCUT2D eigenvalue weighted by molar-refractivity contribution is 5.94. The zero-order chi connectivity index (χ0) is 13.9. The summed E-state index contributed by atoms with van der Waals surface area (Å²) in [6.45, 7) is 3.33. The number of ether oxygens (including phenoxy) is 1. The maximum atomic E-state index is 12.0. The number of nitrogens with zero attached hydrogens (tertiary/aromatic N) is 2. The minimum atomic E-state index is -0.124. The van der Waals surface area contributed by atoms with Crippen molar-refractivity contribution in [3.8, 4) is 0 Å². The fourth-order valence-corrected chi connectivity index (χ4v) is 2.55. The van der Waals surface area contributed by atoms with Crippen molar-refractivity contribution < 1.29 is 9.53 Å². The van der Waals surface area contributed by atoms with Crippen molar-refractivity contribution in [2.45, 2.75) is 32.4 Å². The van der Waals surface area contributed by atoms with Crippen molar-refractivity contribution in [3.05, 3.63) is 53.3 Å². The second kappa shape index (κ2) is 5.59. The molecule has 0 aliphatic carbocycles. The van der Waals surface area contributed by atoms with E-state index in [4.69, 9.17) is 4.74 Å². The molecule has 0 saturated carbocycles. The number of hydrogen-bond acceptors (Lipinski definition) is 3. The molecule has 1 aromatic heterocycles. The number of carbonyl (C=O) groups excluding carboxylic acids is 1. The summed E-state index contributed by atoms with van der Waals surface area (Å²) in [7, 11) is 0. The second-order valence-corrected chi connectivity index (χ2v) is 5.01. The van der Waals surface area contributed by atoms with Gasteiger partial charge < -0.3 is 4.74 Å². The molecule has 0 spiro atoms. The predicted octanol–water partition coefficient (Wildman–Crippen LogP) is 2.99. The van der Waals surface area contributed by atoms with Gasteiger partial charge >= 0.3 is 0 Å². The van der Waals surface area contributed by atoms with Crippen molar-refractivity contribution in [2.75, 3.05) is 6.61 Å². The number of fused-ring (bicyclic) bond motifs is 1. The molecule has 1 aromatic carbocycles. The molecular formula is C16H18N2O2. The summed E-state index contributed by atoms with van der Waals surface area (Å²) >= 11 is 0. The lowest BCUT2D eigenvalue weighted by molar-refractivity contribution is 0.0421. The first-order valence-electron chi connectivity index (χ1n) is 7.07. The summed E-state index contributed by atoms with van der Waals surface area (Å²) < 4.78 is 7.78. The first-order valence-corrected chi connectivity index (χ1v) is 7.07. The Balaban J connectivity index is 1.95. The zero-order valence-electron chi connectivity index (χ0n) is 11.6. The molecule has 104 valence electrons. The number of aromatic nitrogens is 2. The Morgan fingerprint density at radius 3 is 2.95 bits per heavy atom. The molecule has 3 rings (SSSR count). The highest BCUT2D eigenvalue weighted by atomic mass is 16.5. The summed E-state index contributed by atoms with van der Waals surface area (Å²) in [6.07, 6.45) is 1.27. The molecule has 0 bridgehead atoms. The fourth-order valence-electron chi connectivity index (χ4n) is 2.55. The summed E-state index contributed by atoms with van der Waals surface area (Å²) in [5.41, 5.74) is 2.64. The summed E-state index contributed by atoms with van der Waals surface area (Å²) in [4.78, 5) is 12.0. The quantitative estimate of drug-likeness (QED) is 0.802. The van der Waals surface area contributed by atoms with Gasteiger partial charge in [0, 0.05) is 6.42 Å². The van der Waals surface area contributed by atoms with E-state index in [-0.39, 0.29) is 11.9 Å². The molecular weight excluding hydrogens is 252 g/mol. The minimum absolute atomic E-state index is 0.112. The highest BCUT2D eigenvalue weighted by Gasteiger charge is 2.26. The average molecular weight is 270 g/mol. The molecule has 0 saturated heterocycles. The molecule has 4 heteroatoms. The van der Waals surface area contributed by atoms with Gasteiger partial charge in [0.25, 0.3) is 0 Å². The van der Waals surface area contributed by atoms with Gasteiger partial charge in [-0.2, -0.15) is 5.10 Å². The van der Waals surface area contributed by atoms with Gasteiger partial charge in [-0.15, -0.1) is 0 Å². The van der Waals surface area contributed by atoms with E-state index < -0.39 is 0 Å². The average Bonchev–Trinajstić information content (AvgIpc) is 2.92. The molecule has 1 unspecified atom stereocenters. The van der Waals surface area contributed by atoms with Crippen molar-refractivity contribution in [1.82, 2.24) is 9.78 Å². The van der Waals surface area contributed by atoms with Gasteiger partial charge in [-0.25, -0.2) is 0 Å². The van der Waals surface area contributed by atoms with Crippen LogP contribution < -0.4 is 0 Å². The molecule has 2 heterocycles. The Morgan fingerprint density at radius 2 is 2.20 bits per heavy atom. The molecule has 0 amide bonds. The van der Waals surface area contributed by atoms with E-state index in [1.165, 1.54) is 0 Å². The number of hydrogen-bond donors (Lipinski definition) is 0. The lowest BCUT2D eigenvalue weighted by Gasteiger charge is -2.24. The molecule has 20 heavy (non-hydrogen) atoms. The van der Waals surface area contributed by atoms with Gasteiger partial charge in [-0.05, 0) is 18.1 Å². The lowest BCUT2D eigenvalue weighted by atomic mass is 10.0. The smallest absolute Gasteiger partial charge is 0.183 e. The van der Waals surface area contributed by atoms with Crippen LogP contribution in [-0.2, 0) is 11.3 Å². The Bertz CT molecular complexity index is 604. The molecule has 1 aliphatic rings. The van der Waals surface area contributed by atoms with Gasteiger partial charge in [0.05, 0.1) is 18.8 Å². The first-order chi connectivity index (χ1) is 9.79. The van der Waals surface area contributed by atoms with Crippen LogP contribution in [0.4, 0.5) is 0 Å². The van der Waals surface area contributed by atoms with E-state index >= 15 is 0 Å². The number of rotatable bonds is 4. The van der Waals surface area contributed by atoms with Gasteiger partial charge in [0.1, 0.15) is 11.8 Å². The van der Waals surface area contributed by atoms with Crippen LogP contribution in [-0.4, -0.2) is 22.2 Å². The van der Waals surface area contributed by atoms with Crippen molar-refractivity contribution in [1.29, 1.82) is 0 Å². The van der Waals surface area contributed by atoms with Crippen LogP contribution in [0.15, 0.2) is 36.4 Å². The highest BCUT2D eigenvalue weighted by Crippen LogP contribution is 2.29. The number of carbonyl (C=O) groups is 1. The van der Waals surface area contributed by atoms with E-state index in [9.17, 15) is 4.79 Å². The SMILES string of the molecule is CCCC(=O)c1cc2n(n1)CCOC2c1ccccc1. The number of ketones is 1. The van der Waals surface area contributed by atoms with Gasteiger partial charge in [-0.1, -0.05) is 37.3 Å². The Hall–Kier alpha value is -1.94.